The molecule has 2 heterocycles. The molecule has 39 heavy (non-hydrogen) atoms. The number of ether oxygens (including phenoxy) is 1. The van der Waals surface area contributed by atoms with Crippen LogP contribution in [0.25, 0.3) is 0 Å². The summed E-state index contributed by atoms with van der Waals surface area (Å²) in [6.45, 7) is 12.7. The Bertz CT molecular complexity index is 1230. The molecular formula is C32H41N5O2. The van der Waals surface area contributed by atoms with Crippen LogP contribution in [0.15, 0.2) is 72.8 Å². The van der Waals surface area contributed by atoms with Crippen LogP contribution in [0.3, 0.4) is 0 Å². The second kappa shape index (κ2) is 13.4. The highest BCUT2D eigenvalue weighted by atomic mass is 16.5. The molecule has 2 aliphatic heterocycles. The summed E-state index contributed by atoms with van der Waals surface area (Å²) in [5.74, 6) is 0.644. The van der Waals surface area contributed by atoms with Crippen molar-refractivity contribution in [1.29, 1.82) is 5.41 Å². The number of nitrogens with zero attached hydrogens (tertiary/aromatic N) is 2. The van der Waals surface area contributed by atoms with Gasteiger partial charge >= 0.3 is 0 Å². The molecule has 2 aliphatic rings. The monoisotopic (exact) mass is 527 g/mol. The maximum absolute atomic E-state index is 12.7. The first-order valence-electron chi connectivity index (χ1n) is 13.8. The smallest absolute Gasteiger partial charge is 0.251 e. The Morgan fingerprint density at radius 1 is 0.949 bits per heavy atom. The third-order valence-corrected chi connectivity index (χ3v) is 6.85. The summed E-state index contributed by atoms with van der Waals surface area (Å²) >= 11 is 0. The van der Waals surface area contributed by atoms with Crippen LogP contribution in [0, 0.1) is 11.3 Å². The summed E-state index contributed by atoms with van der Waals surface area (Å²) in [6, 6.07) is 23.5. The molecule has 2 saturated heterocycles. The third kappa shape index (κ3) is 7.68. The molecule has 0 unspecified atom stereocenters. The maximum Gasteiger partial charge on any atom is 0.251 e. The van der Waals surface area contributed by atoms with Gasteiger partial charge in [0.1, 0.15) is 0 Å². The quantitative estimate of drug-likeness (QED) is 0.303. The zero-order chi connectivity index (χ0) is 27.8. The first kappa shape index (κ1) is 28.3. The van der Waals surface area contributed by atoms with E-state index in [1.165, 1.54) is 0 Å². The predicted molar refractivity (Wildman–Crippen MR) is 160 cm³/mol. The van der Waals surface area contributed by atoms with Crippen molar-refractivity contribution in [2.45, 2.75) is 33.4 Å². The standard InChI is InChI=1S/C28H31N5O2.C4H10/c29-26-11-8-22(28(34)31-17-20-4-2-1-3-5-20)16-25(26)27(30)21-6-9-23(10-7-21)32-12-14-33(15-13-32)24-18-35-19-24;1-4(2)3/h1-11,16,24,30H,12-15,17-19,29H2,(H,31,34);4H,1-3H3. The zero-order valence-electron chi connectivity index (χ0n) is 23.3. The summed E-state index contributed by atoms with van der Waals surface area (Å²) < 4.78 is 5.32. The van der Waals surface area contributed by atoms with E-state index in [1.54, 1.807) is 18.2 Å². The van der Waals surface area contributed by atoms with Crippen molar-refractivity contribution in [3.8, 4) is 0 Å². The van der Waals surface area contributed by atoms with Crippen molar-refractivity contribution >= 4 is 23.0 Å². The molecule has 0 spiro atoms. The van der Waals surface area contributed by atoms with E-state index < -0.39 is 0 Å². The molecule has 7 nitrogen and oxygen atoms in total. The van der Waals surface area contributed by atoms with Crippen LogP contribution >= 0.6 is 0 Å². The lowest BCUT2D eigenvalue weighted by Crippen LogP contribution is -2.56. The number of nitrogen functional groups attached to an aromatic ring is 1. The van der Waals surface area contributed by atoms with E-state index >= 15 is 0 Å². The number of amides is 1. The molecule has 0 atom stereocenters. The number of carbonyl (C=O) groups excluding carboxylic acids is 1. The normalized spacial score (nSPS) is 15.7. The Morgan fingerprint density at radius 2 is 1.56 bits per heavy atom. The summed E-state index contributed by atoms with van der Waals surface area (Å²) in [6.07, 6.45) is 0. The zero-order valence-corrected chi connectivity index (χ0v) is 23.3. The van der Waals surface area contributed by atoms with Crippen LogP contribution in [-0.4, -0.2) is 62.0 Å². The minimum Gasteiger partial charge on any atom is -0.398 e. The van der Waals surface area contributed by atoms with Crippen molar-refractivity contribution in [1.82, 2.24) is 10.2 Å². The minimum absolute atomic E-state index is 0.189. The van der Waals surface area contributed by atoms with Gasteiger partial charge in [0.2, 0.25) is 0 Å². The first-order chi connectivity index (χ1) is 18.8. The average molecular weight is 528 g/mol. The van der Waals surface area contributed by atoms with E-state index in [0.29, 0.717) is 35.1 Å². The van der Waals surface area contributed by atoms with Crippen LogP contribution in [0.5, 0.6) is 0 Å². The summed E-state index contributed by atoms with van der Waals surface area (Å²) in [7, 11) is 0. The van der Waals surface area contributed by atoms with Gasteiger partial charge in [-0.25, -0.2) is 0 Å². The van der Waals surface area contributed by atoms with Crippen molar-refractivity contribution in [2.75, 3.05) is 50.0 Å². The molecule has 7 heteroatoms. The Labute approximate surface area is 232 Å². The lowest BCUT2D eigenvalue weighted by atomic mass is 9.98. The van der Waals surface area contributed by atoms with Crippen LogP contribution in [0.2, 0.25) is 0 Å². The fraction of sp³-hybridized carbons (Fsp3) is 0.375. The summed E-state index contributed by atoms with van der Waals surface area (Å²) in [5, 5.41) is 11.7. The van der Waals surface area contributed by atoms with Crippen molar-refractivity contribution < 1.29 is 9.53 Å². The van der Waals surface area contributed by atoms with Gasteiger partial charge in [-0.15, -0.1) is 0 Å². The Hall–Kier alpha value is -3.68. The van der Waals surface area contributed by atoms with Crippen LogP contribution in [0.4, 0.5) is 11.4 Å². The van der Waals surface area contributed by atoms with E-state index in [9.17, 15) is 4.79 Å². The highest BCUT2D eigenvalue weighted by Gasteiger charge is 2.28. The third-order valence-electron chi connectivity index (χ3n) is 6.85. The van der Waals surface area contributed by atoms with Gasteiger partial charge in [-0.2, -0.15) is 0 Å². The predicted octanol–water partition coefficient (Wildman–Crippen LogP) is 4.80. The van der Waals surface area contributed by atoms with E-state index in [0.717, 1.165) is 62.1 Å². The van der Waals surface area contributed by atoms with Gasteiger partial charge in [-0.1, -0.05) is 63.2 Å². The fourth-order valence-electron chi connectivity index (χ4n) is 4.57. The minimum atomic E-state index is -0.189. The second-order valence-electron chi connectivity index (χ2n) is 10.8. The first-order valence-corrected chi connectivity index (χ1v) is 13.8. The van der Waals surface area contributed by atoms with Crippen LogP contribution in [-0.2, 0) is 11.3 Å². The van der Waals surface area contributed by atoms with Gasteiger partial charge < -0.3 is 20.7 Å². The molecule has 4 N–H and O–H groups in total. The maximum atomic E-state index is 12.7. The van der Waals surface area contributed by atoms with Gasteiger partial charge in [0.25, 0.3) is 5.91 Å². The summed E-state index contributed by atoms with van der Waals surface area (Å²) in [4.78, 5) is 17.6. The molecule has 0 aromatic heterocycles. The number of nitrogens with two attached hydrogens (primary N) is 1. The largest absolute Gasteiger partial charge is 0.398 e. The Balaban J connectivity index is 0.000000826. The number of rotatable bonds is 7. The molecule has 3 aromatic carbocycles. The Morgan fingerprint density at radius 3 is 2.15 bits per heavy atom. The second-order valence-corrected chi connectivity index (χ2v) is 10.8. The van der Waals surface area contributed by atoms with Gasteiger partial charge in [0.05, 0.1) is 25.0 Å². The number of benzene rings is 3. The molecule has 0 radical (unpaired) electrons. The van der Waals surface area contributed by atoms with Crippen LogP contribution in [0.1, 0.15) is 47.8 Å². The molecule has 206 valence electrons. The number of anilines is 2. The van der Waals surface area contributed by atoms with Crippen LogP contribution < -0.4 is 16.0 Å². The topological polar surface area (TPSA) is 94.7 Å². The van der Waals surface area contributed by atoms with Gasteiger partial charge in [0.15, 0.2) is 0 Å². The molecular weight excluding hydrogens is 486 g/mol. The van der Waals surface area contributed by atoms with Crippen molar-refractivity contribution in [2.24, 2.45) is 5.92 Å². The lowest BCUT2D eigenvalue weighted by Gasteiger charge is -2.43. The van der Waals surface area contributed by atoms with Gasteiger partial charge in [-0.3, -0.25) is 15.1 Å². The van der Waals surface area contributed by atoms with E-state index in [1.807, 2.05) is 42.5 Å². The summed E-state index contributed by atoms with van der Waals surface area (Å²) in [5.41, 5.74) is 11.0. The number of carbonyl (C=O) groups is 1. The Kier molecular flexibility index (Phi) is 9.74. The average Bonchev–Trinajstić information content (AvgIpc) is 2.91. The van der Waals surface area contributed by atoms with E-state index in [-0.39, 0.29) is 5.91 Å². The molecule has 0 aliphatic carbocycles. The molecule has 2 fully saturated rings. The fourth-order valence-corrected chi connectivity index (χ4v) is 4.57. The number of nitrogens with one attached hydrogen (secondary N) is 2. The number of hydrogen-bond donors (Lipinski definition) is 3. The lowest BCUT2D eigenvalue weighted by molar-refractivity contribution is -0.0660. The number of hydrogen-bond acceptors (Lipinski definition) is 6. The van der Waals surface area contributed by atoms with Crippen molar-refractivity contribution in [3.05, 3.63) is 95.1 Å². The van der Waals surface area contributed by atoms with Gasteiger partial charge in [-0.05, 0) is 41.8 Å². The SMILES string of the molecule is CC(C)C.N=C(c1ccc(N2CCN(C3COC3)CC2)cc1)c1cc(C(=O)NCc2ccccc2)ccc1N. The molecule has 5 rings (SSSR count). The molecule has 3 aromatic rings. The number of piperazine rings is 1. The van der Waals surface area contributed by atoms with E-state index in [2.05, 4.69) is 48.0 Å². The highest BCUT2D eigenvalue weighted by Crippen LogP contribution is 2.23. The molecule has 0 saturated carbocycles. The molecule has 1 amide bonds. The van der Waals surface area contributed by atoms with E-state index in [4.69, 9.17) is 15.9 Å². The molecule has 0 bridgehead atoms. The van der Waals surface area contributed by atoms with Crippen molar-refractivity contribution in [3.63, 3.8) is 0 Å². The van der Waals surface area contributed by atoms with Gasteiger partial charge in [0, 0.05) is 60.8 Å². The highest BCUT2D eigenvalue weighted by molar-refractivity contribution is 6.15.